The number of hydrogen-bond acceptors (Lipinski definition) is 4. The molecule has 2 aromatic carbocycles. The molecule has 0 fully saturated rings. The Morgan fingerprint density at radius 2 is 2.00 bits per heavy atom. The molecule has 0 aliphatic carbocycles. The van der Waals surface area contributed by atoms with Crippen LogP contribution in [0.4, 0.5) is 5.69 Å². The van der Waals surface area contributed by atoms with Crippen LogP contribution in [0, 0.1) is 6.92 Å². The van der Waals surface area contributed by atoms with Crippen molar-refractivity contribution in [3.05, 3.63) is 53.1 Å². The average molecular weight is 273 g/mol. The van der Waals surface area contributed by atoms with Crippen LogP contribution in [-0.4, -0.2) is 16.2 Å². The van der Waals surface area contributed by atoms with E-state index in [-0.39, 0.29) is 17.9 Å². The second-order valence-electron chi connectivity index (χ2n) is 4.41. The molecule has 5 heteroatoms. The number of rotatable bonds is 4. The number of carboxylic acid groups (broad SMARTS) is 1. The van der Waals surface area contributed by atoms with Crippen molar-refractivity contribution in [1.82, 2.24) is 0 Å². The SMILES string of the molecule is Cc1cc(Oc2cccc(CO)c2)cc(C(=O)O)c1N. The Labute approximate surface area is 116 Å². The maximum atomic E-state index is 11.1. The molecule has 0 aromatic heterocycles. The summed E-state index contributed by atoms with van der Waals surface area (Å²) in [7, 11) is 0. The normalized spacial score (nSPS) is 10.3. The Kier molecular flexibility index (Phi) is 3.91. The molecule has 0 radical (unpaired) electrons. The van der Waals surface area contributed by atoms with E-state index < -0.39 is 5.97 Å². The number of aliphatic hydroxyl groups excluding tert-OH is 1. The number of aryl methyl sites for hydroxylation is 1. The minimum Gasteiger partial charge on any atom is -0.478 e. The fourth-order valence-electron chi connectivity index (χ4n) is 1.84. The molecular formula is C15H15NO4. The van der Waals surface area contributed by atoms with Crippen molar-refractivity contribution in [2.24, 2.45) is 0 Å². The van der Waals surface area contributed by atoms with Gasteiger partial charge in [0.05, 0.1) is 12.2 Å². The predicted molar refractivity (Wildman–Crippen MR) is 75.0 cm³/mol. The lowest BCUT2D eigenvalue weighted by molar-refractivity contribution is 0.0697. The number of nitrogens with two attached hydrogens (primary N) is 1. The monoisotopic (exact) mass is 273 g/mol. The lowest BCUT2D eigenvalue weighted by Crippen LogP contribution is -2.04. The molecule has 0 unspecified atom stereocenters. The van der Waals surface area contributed by atoms with Crippen molar-refractivity contribution in [1.29, 1.82) is 0 Å². The minimum absolute atomic E-state index is 0.0123. The smallest absolute Gasteiger partial charge is 0.337 e. The van der Waals surface area contributed by atoms with E-state index in [4.69, 9.17) is 20.7 Å². The van der Waals surface area contributed by atoms with Gasteiger partial charge in [-0.05, 0) is 42.3 Å². The third-order valence-corrected chi connectivity index (χ3v) is 2.91. The van der Waals surface area contributed by atoms with E-state index in [0.29, 0.717) is 22.6 Å². The summed E-state index contributed by atoms with van der Waals surface area (Å²) in [6.07, 6.45) is 0. The molecule has 0 aliphatic rings. The summed E-state index contributed by atoms with van der Waals surface area (Å²) in [6, 6.07) is 9.99. The van der Waals surface area contributed by atoms with Crippen LogP contribution in [0.3, 0.4) is 0 Å². The zero-order valence-electron chi connectivity index (χ0n) is 11.0. The van der Waals surface area contributed by atoms with Crippen molar-refractivity contribution in [2.45, 2.75) is 13.5 Å². The highest BCUT2D eigenvalue weighted by atomic mass is 16.5. The number of aromatic carboxylic acids is 1. The highest BCUT2D eigenvalue weighted by molar-refractivity contribution is 5.95. The number of aliphatic hydroxyl groups is 1. The van der Waals surface area contributed by atoms with Gasteiger partial charge < -0.3 is 20.7 Å². The largest absolute Gasteiger partial charge is 0.478 e. The first-order chi connectivity index (χ1) is 9.51. The molecule has 0 atom stereocenters. The van der Waals surface area contributed by atoms with Gasteiger partial charge in [0.25, 0.3) is 0 Å². The molecule has 2 rings (SSSR count). The molecule has 0 heterocycles. The Balaban J connectivity index is 2.36. The van der Waals surface area contributed by atoms with E-state index in [1.54, 1.807) is 37.3 Å². The van der Waals surface area contributed by atoms with Gasteiger partial charge in [-0.25, -0.2) is 4.79 Å². The highest BCUT2D eigenvalue weighted by Crippen LogP contribution is 2.28. The summed E-state index contributed by atoms with van der Waals surface area (Å²) in [4.78, 5) is 11.1. The number of hydrogen-bond donors (Lipinski definition) is 3. The summed E-state index contributed by atoms with van der Waals surface area (Å²) >= 11 is 0. The average Bonchev–Trinajstić information content (AvgIpc) is 2.42. The van der Waals surface area contributed by atoms with E-state index in [1.165, 1.54) is 6.07 Å². The van der Waals surface area contributed by atoms with E-state index in [2.05, 4.69) is 0 Å². The van der Waals surface area contributed by atoms with Crippen molar-refractivity contribution in [3.63, 3.8) is 0 Å². The van der Waals surface area contributed by atoms with E-state index in [0.717, 1.165) is 0 Å². The van der Waals surface area contributed by atoms with Gasteiger partial charge in [-0.3, -0.25) is 0 Å². The van der Waals surface area contributed by atoms with E-state index in [1.807, 2.05) is 0 Å². The topological polar surface area (TPSA) is 92.8 Å². The van der Waals surface area contributed by atoms with Gasteiger partial charge in [-0.15, -0.1) is 0 Å². The number of nitrogen functional groups attached to an aromatic ring is 1. The molecule has 0 saturated carbocycles. The standard InChI is InChI=1S/C15H15NO4/c1-9-5-12(7-13(14(9)16)15(18)19)20-11-4-2-3-10(6-11)8-17/h2-7,17H,8,16H2,1H3,(H,18,19). The van der Waals surface area contributed by atoms with Gasteiger partial charge in [0.2, 0.25) is 0 Å². The van der Waals surface area contributed by atoms with Gasteiger partial charge in [-0.1, -0.05) is 12.1 Å². The van der Waals surface area contributed by atoms with Crippen molar-refractivity contribution < 1.29 is 19.7 Å². The Morgan fingerprint density at radius 1 is 1.25 bits per heavy atom. The van der Waals surface area contributed by atoms with Crippen LogP contribution in [0.25, 0.3) is 0 Å². The maximum absolute atomic E-state index is 11.1. The first kappa shape index (κ1) is 13.9. The van der Waals surface area contributed by atoms with Crippen LogP contribution in [0.1, 0.15) is 21.5 Å². The summed E-state index contributed by atoms with van der Waals surface area (Å²) in [5, 5.41) is 18.2. The number of anilines is 1. The highest BCUT2D eigenvalue weighted by Gasteiger charge is 2.12. The lowest BCUT2D eigenvalue weighted by Gasteiger charge is -2.11. The van der Waals surface area contributed by atoms with Crippen molar-refractivity contribution in [2.75, 3.05) is 5.73 Å². The van der Waals surface area contributed by atoms with Gasteiger partial charge in [0.1, 0.15) is 11.5 Å². The van der Waals surface area contributed by atoms with Gasteiger partial charge in [0.15, 0.2) is 0 Å². The fourth-order valence-corrected chi connectivity index (χ4v) is 1.84. The van der Waals surface area contributed by atoms with Crippen LogP contribution < -0.4 is 10.5 Å². The summed E-state index contributed by atoms with van der Waals surface area (Å²) in [5.41, 5.74) is 7.32. The molecule has 2 aromatic rings. The third-order valence-electron chi connectivity index (χ3n) is 2.91. The molecule has 0 amide bonds. The zero-order valence-corrected chi connectivity index (χ0v) is 11.0. The minimum atomic E-state index is -1.10. The van der Waals surface area contributed by atoms with E-state index in [9.17, 15) is 4.79 Å². The van der Waals surface area contributed by atoms with Gasteiger partial charge in [0, 0.05) is 5.69 Å². The van der Waals surface area contributed by atoms with Crippen LogP contribution in [0.15, 0.2) is 36.4 Å². The third kappa shape index (κ3) is 2.89. The number of benzene rings is 2. The summed E-state index contributed by atoms with van der Waals surface area (Å²) in [6.45, 7) is 1.64. The molecule has 20 heavy (non-hydrogen) atoms. The second-order valence-corrected chi connectivity index (χ2v) is 4.41. The number of carbonyl (C=O) groups is 1. The van der Waals surface area contributed by atoms with Gasteiger partial charge >= 0.3 is 5.97 Å². The Morgan fingerprint density at radius 3 is 2.65 bits per heavy atom. The second kappa shape index (κ2) is 5.63. The molecule has 104 valence electrons. The molecule has 5 nitrogen and oxygen atoms in total. The quantitative estimate of drug-likeness (QED) is 0.744. The Hall–Kier alpha value is -2.53. The van der Waals surface area contributed by atoms with Crippen LogP contribution in [0.5, 0.6) is 11.5 Å². The predicted octanol–water partition coefficient (Wildman–Crippen LogP) is 2.56. The molecular weight excluding hydrogens is 258 g/mol. The zero-order chi connectivity index (χ0) is 14.7. The van der Waals surface area contributed by atoms with Crippen LogP contribution >= 0.6 is 0 Å². The molecule has 0 spiro atoms. The first-order valence-corrected chi connectivity index (χ1v) is 6.02. The van der Waals surface area contributed by atoms with Gasteiger partial charge in [-0.2, -0.15) is 0 Å². The molecule has 0 bridgehead atoms. The number of carboxylic acids is 1. The number of ether oxygens (including phenoxy) is 1. The molecule has 0 aliphatic heterocycles. The lowest BCUT2D eigenvalue weighted by atomic mass is 10.1. The summed E-state index contributed by atoms with van der Waals surface area (Å²) in [5.74, 6) is -0.179. The van der Waals surface area contributed by atoms with Crippen molar-refractivity contribution >= 4 is 11.7 Å². The van der Waals surface area contributed by atoms with Crippen LogP contribution in [0.2, 0.25) is 0 Å². The Bertz CT molecular complexity index is 652. The van der Waals surface area contributed by atoms with Crippen molar-refractivity contribution in [3.8, 4) is 11.5 Å². The van der Waals surface area contributed by atoms with Crippen LogP contribution in [-0.2, 0) is 6.61 Å². The first-order valence-electron chi connectivity index (χ1n) is 6.02. The maximum Gasteiger partial charge on any atom is 0.337 e. The molecule has 0 saturated heterocycles. The fraction of sp³-hybridized carbons (Fsp3) is 0.133. The van der Waals surface area contributed by atoms with E-state index >= 15 is 0 Å². The summed E-state index contributed by atoms with van der Waals surface area (Å²) < 4.78 is 5.62. The molecule has 4 N–H and O–H groups in total.